The van der Waals surface area contributed by atoms with Crippen molar-refractivity contribution in [2.75, 3.05) is 27.3 Å². The summed E-state index contributed by atoms with van der Waals surface area (Å²) in [4.78, 5) is 6.59. The molecular weight excluding hydrogens is 216 g/mol. The van der Waals surface area contributed by atoms with Gasteiger partial charge in [0.2, 0.25) is 5.96 Å². The molecule has 5 nitrogen and oxygen atoms in total. The molecule has 1 aliphatic carbocycles. The molecule has 0 heterocycles. The van der Waals surface area contributed by atoms with Crippen LogP contribution in [0.25, 0.3) is 0 Å². The van der Waals surface area contributed by atoms with Crippen LogP contribution in [0, 0.1) is 5.92 Å². The molecule has 0 spiro atoms. The summed E-state index contributed by atoms with van der Waals surface area (Å²) >= 11 is 0. The molecule has 100 valence electrons. The quantitative estimate of drug-likeness (QED) is 0.253. The molecule has 0 aromatic heterocycles. The minimum Gasteiger partial charge on any atom is -0.383 e. The van der Waals surface area contributed by atoms with E-state index in [4.69, 9.17) is 10.6 Å². The number of nitrogens with one attached hydrogen (secondary N) is 1. The van der Waals surface area contributed by atoms with E-state index < -0.39 is 0 Å². The number of hydrogen-bond donors (Lipinski definition) is 2. The summed E-state index contributed by atoms with van der Waals surface area (Å²) in [6.45, 7) is 3.58. The molecular formula is C12H26N4O. The van der Waals surface area contributed by atoms with Crippen LogP contribution in [0.5, 0.6) is 0 Å². The van der Waals surface area contributed by atoms with Gasteiger partial charge < -0.3 is 9.64 Å². The highest BCUT2D eigenvalue weighted by Crippen LogP contribution is 2.26. The van der Waals surface area contributed by atoms with Gasteiger partial charge in [-0.1, -0.05) is 19.8 Å². The molecule has 0 amide bonds. The zero-order valence-corrected chi connectivity index (χ0v) is 11.3. The van der Waals surface area contributed by atoms with Gasteiger partial charge in [-0.15, -0.1) is 0 Å². The van der Waals surface area contributed by atoms with Crippen molar-refractivity contribution in [1.29, 1.82) is 0 Å². The summed E-state index contributed by atoms with van der Waals surface area (Å²) in [7, 11) is 3.74. The molecule has 2 unspecified atom stereocenters. The van der Waals surface area contributed by atoms with E-state index in [-0.39, 0.29) is 0 Å². The average Bonchev–Trinajstić information content (AvgIpc) is 2.34. The normalized spacial score (nSPS) is 25.8. The lowest BCUT2D eigenvalue weighted by Gasteiger charge is -2.35. The van der Waals surface area contributed by atoms with Crippen LogP contribution in [-0.2, 0) is 4.74 Å². The van der Waals surface area contributed by atoms with E-state index in [1.54, 1.807) is 7.11 Å². The summed E-state index contributed by atoms with van der Waals surface area (Å²) in [5, 5.41) is 0. The molecule has 0 radical (unpaired) electrons. The van der Waals surface area contributed by atoms with Crippen molar-refractivity contribution < 1.29 is 4.74 Å². The lowest BCUT2D eigenvalue weighted by Crippen LogP contribution is -2.49. The Balaban J connectivity index is 2.52. The van der Waals surface area contributed by atoms with Crippen molar-refractivity contribution in [2.45, 2.75) is 38.6 Å². The zero-order valence-electron chi connectivity index (χ0n) is 11.3. The third kappa shape index (κ3) is 4.52. The van der Waals surface area contributed by atoms with Gasteiger partial charge in [-0.05, 0) is 18.8 Å². The van der Waals surface area contributed by atoms with Gasteiger partial charge in [0.05, 0.1) is 13.2 Å². The molecule has 1 aliphatic rings. The summed E-state index contributed by atoms with van der Waals surface area (Å²) in [6, 6.07) is 0.552. The maximum absolute atomic E-state index is 5.53. The Hall–Kier alpha value is -0.810. The van der Waals surface area contributed by atoms with Crippen LogP contribution in [0.15, 0.2) is 4.99 Å². The molecule has 0 bridgehead atoms. The van der Waals surface area contributed by atoms with Gasteiger partial charge in [0.1, 0.15) is 0 Å². The van der Waals surface area contributed by atoms with Crippen LogP contribution in [0.4, 0.5) is 0 Å². The Morgan fingerprint density at radius 2 is 2.29 bits per heavy atom. The summed E-state index contributed by atoms with van der Waals surface area (Å²) < 4.78 is 4.98. The predicted molar refractivity (Wildman–Crippen MR) is 70.7 cm³/mol. The molecule has 2 atom stereocenters. The fraction of sp³-hybridized carbons (Fsp3) is 0.917. The van der Waals surface area contributed by atoms with E-state index in [0.717, 1.165) is 11.9 Å². The molecule has 0 aromatic carbocycles. The standard InChI is InChI=1S/C12H26N4O/c1-10-5-4-6-11(9-10)16(2)12(15-13)14-7-8-17-3/h10-11H,4-9,13H2,1-3H3,(H,14,15). The third-order valence-electron chi connectivity index (χ3n) is 3.48. The molecule has 17 heavy (non-hydrogen) atoms. The first-order chi connectivity index (χ1) is 8.19. The van der Waals surface area contributed by atoms with Crippen LogP contribution in [-0.4, -0.2) is 44.2 Å². The van der Waals surface area contributed by atoms with Crippen LogP contribution >= 0.6 is 0 Å². The second-order valence-electron chi connectivity index (χ2n) is 4.88. The number of hydrazine groups is 1. The number of nitrogens with two attached hydrogens (primary N) is 1. The Bertz CT molecular complexity index is 245. The maximum Gasteiger partial charge on any atom is 0.208 e. The van der Waals surface area contributed by atoms with Gasteiger partial charge in [0.25, 0.3) is 0 Å². The first kappa shape index (κ1) is 14.3. The average molecular weight is 242 g/mol. The van der Waals surface area contributed by atoms with Crippen LogP contribution in [0.3, 0.4) is 0 Å². The van der Waals surface area contributed by atoms with Crippen molar-refractivity contribution >= 4 is 5.96 Å². The van der Waals surface area contributed by atoms with Crippen molar-refractivity contribution in [1.82, 2.24) is 10.3 Å². The first-order valence-electron chi connectivity index (χ1n) is 6.41. The highest BCUT2D eigenvalue weighted by Gasteiger charge is 2.23. The first-order valence-corrected chi connectivity index (χ1v) is 6.41. The number of ether oxygens (including phenoxy) is 1. The lowest BCUT2D eigenvalue weighted by molar-refractivity contribution is 0.205. The van der Waals surface area contributed by atoms with Crippen LogP contribution in [0.2, 0.25) is 0 Å². The molecule has 0 saturated heterocycles. The van der Waals surface area contributed by atoms with E-state index in [9.17, 15) is 0 Å². The smallest absolute Gasteiger partial charge is 0.208 e. The molecule has 0 aliphatic heterocycles. The van der Waals surface area contributed by atoms with E-state index in [1.165, 1.54) is 25.7 Å². The predicted octanol–water partition coefficient (Wildman–Crippen LogP) is 0.963. The number of methoxy groups -OCH3 is 1. The number of nitrogens with zero attached hydrogens (tertiary/aromatic N) is 2. The Morgan fingerprint density at radius 1 is 1.53 bits per heavy atom. The topological polar surface area (TPSA) is 62.9 Å². The van der Waals surface area contributed by atoms with Gasteiger partial charge in [-0.3, -0.25) is 5.43 Å². The van der Waals surface area contributed by atoms with Crippen molar-refractivity contribution in [2.24, 2.45) is 16.8 Å². The lowest BCUT2D eigenvalue weighted by atomic mass is 9.86. The molecule has 1 rings (SSSR count). The summed E-state index contributed by atoms with van der Waals surface area (Å²) in [5.41, 5.74) is 2.69. The Kier molecular flexibility index (Phi) is 6.29. The zero-order chi connectivity index (χ0) is 12.7. The fourth-order valence-corrected chi connectivity index (χ4v) is 2.43. The van der Waals surface area contributed by atoms with Gasteiger partial charge >= 0.3 is 0 Å². The largest absolute Gasteiger partial charge is 0.383 e. The Labute approximate surface area is 104 Å². The minimum atomic E-state index is 0.552. The SMILES string of the molecule is COCCN=C(NN)N(C)C1CCCC(C)C1. The number of guanidine groups is 1. The highest BCUT2D eigenvalue weighted by atomic mass is 16.5. The number of aliphatic imine (C=N–C) groups is 1. The Morgan fingerprint density at radius 3 is 2.88 bits per heavy atom. The van der Waals surface area contributed by atoms with Gasteiger partial charge in [-0.25, -0.2) is 10.8 Å². The number of rotatable bonds is 4. The van der Waals surface area contributed by atoms with Crippen LogP contribution in [0.1, 0.15) is 32.6 Å². The molecule has 1 saturated carbocycles. The molecule has 3 N–H and O–H groups in total. The van der Waals surface area contributed by atoms with E-state index >= 15 is 0 Å². The van der Waals surface area contributed by atoms with Crippen LogP contribution < -0.4 is 11.3 Å². The second kappa shape index (κ2) is 7.50. The van der Waals surface area contributed by atoms with E-state index in [2.05, 4.69) is 29.3 Å². The van der Waals surface area contributed by atoms with Crippen molar-refractivity contribution in [3.05, 3.63) is 0 Å². The van der Waals surface area contributed by atoms with Gasteiger partial charge in [0.15, 0.2) is 0 Å². The molecule has 5 heteroatoms. The molecule has 0 aromatic rings. The summed E-state index contributed by atoms with van der Waals surface area (Å²) in [6.07, 6.45) is 5.09. The number of hydrogen-bond acceptors (Lipinski definition) is 3. The minimum absolute atomic E-state index is 0.552. The van der Waals surface area contributed by atoms with E-state index in [0.29, 0.717) is 19.2 Å². The third-order valence-corrected chi connectivity index (χ3v) is 3.48. The fourth-order valence-electron chi connectivity index (χ4n) is 2.43. The molecule has 1 fully saturated rings. The second-order valence-corrected chi connectivity index (χ2v) is 4.88. The van der Waals surface area contributed by atoms with Gasteiger partial charge in [-0.2, -0.15) is 0 Å². The maximum atomic E-state index is 5.53. The highest BCUT2D eigenvalue weighted by molar-refractivity contribution is 5.79. The summed E-state index contributed by atoms with van der Waals surface area (Å²) in [5.74, 6) is 7.10. The van der Waals surface area contributed by atoms with Gasteiger partial charge in [0, 0.05) is 20.2 Å². The monoisotopic (exact) mass is 242 g/mol. The van der Waals surface area contributed by atoms with E-state index in [1.807, 2.05) is 0 Å². The van der Waals surface area contributed by atoms with Crippen molar-refractivity contribution in [3.63, 3.8) is 0 Å². The van der Waals surface area contributed by atoms with Crippen molar-refractivity contribution in [3.8, 4) is 0 Å².